The molecule has 1 aromatic rings. The van der Waals surface area contributed by atoms with Crippen LogP contribution in [0.15, 0.2) is 54.4 Å². The van der Waals surface area contributed by atoms with E-state index < -0.39 is 0 Å². The maximum Gasteiger partial charge on any atom is 0.123 e. The van der Waals surface area contributed by atoms with Crippen molar-refractivity contribution in [2.24, 2.45) is 5.92 Å². The molecule has 1 fully saturated rings. The zero-order chi connectivity index (χ0) is 14.6. The Kier molecular flexibility index (Phi) is 4.29. The van der Waals surface area contributed by atoms with Crippen molar-refractivity contribution in [2.45, 2.75) is 39.2 Å². The maximum absolute atomic E-state index is 4.31. The van der Waals surface area contributed by atoms with Crippen molar-refractivity contribution in [2.75, 3.05) is 0 Å². The lowest BCUT2D eigenvalue weighted by molar-refractivity contribution is 0.542. The predicted octanol–water partition coefficient (Wildman–Crippen LogP) is 4.09. The molecule has 0 saturated heterocycles. The quantitative estimate of drug-likeness (QED) is 0.593. The third kappa shape index (κ3) is 3.30. The van der Waals surface area contributed by atoms with Gasteiger partial charge < -0.3 is 0 Å². The van der Waals surface area contributed by atoms with Gasteiger partial charge in [0.15, 0.2) is 0 Å². The maximum atomic E-state index is 4.31. The highest BCUT2D eigenvalue weighted by molar-refractivity contribution is 5.37. The second-order valence-corrected chi connectivity index (χ2v) is 5.61. The van der Waals surface area contributed by atoms with E-state index in [4.69, 9.17) is 0 Å². The third-order valence-electron chi connectivity index (χ3n) is 3.59. The minimum Gasteiger partial charge on any atom is -0.255 e. The van der Waals surface area contributed by atoms with Gasteiger partial charge in [0.25, 0.3) is 0 Å². The number of rotatable bonds is 4. The summed E-state index contributed by atoms with van der Waals surface area (Å²) in [6, 6.07) is 1.95. The van der Waals surface area contributed by atoms with Gasteiger partial charge in [-0.3, -0.25) is 4.68 Å². The lowest BCUT2D eigenvalue weighted by atomic mass is 10.0. The Balaban J connectivity index is 2.11. The zero-order valence-corrected chi connectivity index (χ0v) is 12.6. The highest BCUT2D eigenvalue weighted by Gasteiger charge is 2.43. The van der Waals surface area contributed by atoms with E-state index in [0.717, 1.165) is 18.4 Å². The molecule has 1 aromatic heterocycles. The van der Waals surface area contributed by atoms with Crippen molar-refractivity contribution in [1.29, 1.82) is 0 Å². The summed E-state index contributed by atoms with van der Waals surface area (Å²) < 4.78 is 1.98. The normalized spacial score (nSPS) is 17.6. The molecule has 0 unspecified atom stereocenters. The van der Waals surface area contributed by atoms with Crippen molar-refractivity contribution in [3.05, 3.63) is 54.4 Å². The molecule has 0 N–H and O–H groups in total. The molecule has 0 amide bonds. The highest BCUT2D eigenvalue weighted by Crippen LogP contribution is 2.42. The summed E-state index contributed by atoms with van der Waals surface area (Å²) in [5, 5.41) is 4.31. The Morgan fingerprint density at radius 1 is 1.40 bits per heavy atom. The van der Waals surface area contributed by atoms with Gasteiger partial charge in [-0.1, -0.05) is 50.5 Å². The van der Waals surface area contributed by atoms with Crippen LogP contribution < -0.4 is 0 Å². The SMILES string of the molecule is C=CC(=C/C=C(\C)C#CC1(n2cccn2)CC1)C(C)C. The average Bonchev–Trinajstić information content (AvgIpc) is 3.00. The third-order valence-corrected chi connectivity index (χ3v) is 3.59. The van der Waals surface area contributed by atoms with Crippen molar-refractivity contribution >= 4 is 0 Å². The van der Waals surface area contributed by atoms with E-state index in [1.165, 1.54) is 5.57 Å². The second kappa shape index (κ2) is 5.96. The van der Waals surface area contributed by atoms with Crippen LogP contribution in [0.1, 0.15) is 33.6 Å². The molecule has 0 bridgehead atoms. The van der Waals surface area contributed by atoms with Gasteiger partial charge >= 0.3 is 0 Å². The molecule has 104 valence electrons. The first-order valence-electron chi connectivity index (χ1n) is 7.11. The van der Waals surface area contributed by atoms with E-state index >= 15 is 0 Å². The Hall–Kier alpha value is -2.01. The molecule has 0 spiro atoms. The number of aromatic nitrogens is 2. The van der Waals surface area contributed by atoms with Crippen LogP contribution in [0.5, 0.6) is 0 Å². The van der Waals surface area contributed by atoms with Crippen LogP contribution in [0.4, 0.5) is 0 Å². The van der Waals surface area contributed by atoms with Gasteiger partial charge in [-0.25, -0.2) is 0 Å². The van der Waals surface area contributed by atoms with Crippen LogP contribution in [0, 0.1) is 17.8 Å². The molecule has 2 heteroatoms. The number of allylic oxidation sites excluding steroid dienone is 5. The summed E-state index contributed by atoms with van der Waals surface area (Å²) in [5.41, 5.74) is 2.25. The van der Waals surface area contributed by atoms with Gasteiger partial charge in [0, 0.05) is 12.4 Å². The van der Waals surface area contributed by atoms with Crippen molar-refractivity contribution in [3.63, 3.8) is 0 Å². The van der Waals surface area contributed by atoms with Crippen LogP contribution in [-0.2, 0) is 5.54 Å². The van der Waals surface area contributed by atoms with Crippen molar-refractivity contribution in [1.82, 2.24) is 9.78 Å². The molecular formula is C18H22N2. The van der Waals surface area contributed by atoms with E-state index in [-0.39, 0.29) is 5.54 Å². The first-order chi connectivity index (χ1) is 9.57. The summed E-state index contributed by atoms with van der Waals surface area (Å²) in [7, 11) is 0. The van der Waals surface area contributed by atoms with E-state index in [9.17, 15) is 0 Å². The first-order valence-corrected chi connectivity index (χ1v) is 7.11. The smallest absolute Gasteiger partial charge is 0.123 e. The number of hydrogen-bond acceptors (Lipinski definition) is 1. The molecule has 0 aromatic carbocycles. The molecule has 0 aliphatic heterocycles. The Labute approximate surface area is 121 Å². The topological polar surface area (TPSA) is 17.8 Å². The lowest BCUT2D eigenvalue weighted by Gasteiger charge is -2.07. The highest BCUT2D eigenvalue weighted by atomic mass is 15.3. The largest absolute Gasteiger partial charge is 0.255 e. The fourth-order valence-electron chi connectivity index (χ4n) is 2.03. The summed E-state index contributed by atoms with van der Waals surface area (Å²) in [6.45, 7) is 10.2. The summed E-state index contributed by atoms with van der Waals surface area (Å²) in [5.74, 6) is 7.12. The fourth-order valence-corrected chi connectivity index (χ4v) is 2.03. The first kappa shape index (κ1) is 14.4. The minimum absolute atomic E-state index is 0.0539. The lowest BCUT2D eigenvalue weighted by Crippen LogP contribution is -2.14. The summed E-state index contributed by atoms with van der Waals surface area (Å²) >= 11 is 0. The summed E-state index contributed by atoms with van der Waals surface area (Å²) in [6.07, 6.45) is 12.1. The van der Waals surface area contributed by atoms with Gasteiger partial charge in [-0.15, -0.1) is 0 Å². The van der Waals surface area contributed by atoms with E-state index in [1.807, 2.05) is 36.1 Å². The monoisotopic (exact) mass is 266 g/mol. The molecule has 2 nitrogen and oxygen atoms in total. The van der Waals surface area contributed by atoms with E-state index in [1.54, 1.807) is 0 Å². The Bertz CT molecular complexity index is 585. The molecule has 0 radical (unpaired) electrons. The Morgan fingerprint density at radius 3 is 2.65 bits per heavy atom. The Morgan fingerprint density at radius 2 is 2.15 bits per heavy atom. The fraction of sp³-hybridized carbons (Fsp3) is 0.389. The summed E-state index contributed by atoms with van der Waals surface area (Å²) in [4.78, 5) is 0. The average molecular weight is 266 g/mol. The van der Waals surface area contributed by atoms with E-state index in [2.05, 4.69) is 49.5 Å². The minimum atomic E-state index is -0.0539. The van der Waals surface area contributed by atoms with Gasteiger partial charge in [0.2, 0.25) is 0 Å². The molecule has 20 heavy (non-hydrogen) atoms. The van der Waals surface area contributed by atoms with Crippen LogP contribution in [0.3, 0.4) is 0 Å². The van der Waals surface area contributed by atoms with Gasteiger partial charge in [0.05, 0.1) is 0 Å². The van der Waals surface area contributed by atoms with E-state index in [0.29, 0.717) is 5.92 Å². The van der Waals surface area contributed by atoms with Crippen molar-refractivity contribution < 1.29 is 0 Å². The van der Waals surface area contributed by atoms with Gasteiger partial charge in [-0.2, -0.15) is 5.10 Å². The molecule has 2 rings (SSSR count). The number of nitrogens with zero attached hydrogens (tertiary/aromatic N) is 2. The molecule has 1 aliphatic rings. The van der Waals surface area contributed by atoms with Crippen LogP contribution in [0.25, 0.3) is 0 Å². The molecule has 1 aliphatic carbocycles. The van der Waals surface area contributed by atoms with Crippen LogP contribution >= 0.6 is 0 Å². The number of hydrogen-bond donors (Lipinski definition) is 0. The predicted molar refractivity (Wildman–Crippen MR) is 84.1 cm³/mol. The second-order valence-electron chi connectivity index (χ2n) is 5.61. The van der Waals surface area contributed by atoms with Gasteiger partial charge in [-0.05, 0) is 42.9 Å². The van der Waals surface area contributed by atoms with Crippen LogP contribution in [-0.4, -0.2) is 9.78 Å². The molecular weight excluding hydrogens is 244 g/mol. The van der Waals surface area contributed by atoms with Crippen molar-refractivity contribution in [3.8, 4) is 11.8 Å². The van der Waals surface area contributed by atoms with Crippen LogP contribution in [0.2, 0.25) is 0 Å². The molecule has 1 heterocycles. The zero-order valence-electron chi connectivity index (χ0n) is 12.6. The molecule has 1 saturated carbocycles. The standard InChI is InChI=1S/C18H22N2/c1-5-17(15(2)3)8-7-16(4)9-10-18(11-12-18)20-14-6-13-19-20/h5-8,13-15H,1,11-12H2,2-4H3/b16-7+,17-8?. The molecule has 0 atom stereocenters. The van der Waals surface area contributed by atoms with Gasteiger partial charge in [0.1, 0.15) is 5.54 Å².